The molecule has 1 aromatic rings. The van der Waals surface area contributed by atoms with Crippen molar-refractivity contribution < 1.29 is 8.42 Å². The Bertz CT molecular complexity index is 529. The number of anilines is 2. The van der Waals surface area contributed by atoms with E-state index in [0.29, 0.717) is 11.7 Å². The van der Waals surface area contributed by atoms with E-state index in [2.05, 4.69) is 19.2 Å². The predicted molar refractivity (Wildman–Crippen MR) is 84.1 cm³/mol. The van der Waals surface area contributed by atoms with E-state index >= 15 is 0 Å². The van der Waals surface area contributed by atoms with Gasteiger partial charge in [-0.25, -0.2) is 13.6 Å². The van der Waals surface area contributed by atoms with E-state index in [1.165, 1.54) is 6.07 Å². The Kier molecular flexibility index (Phi) is 6.29. The topological polar surface area (TPSA) is 98.2 Å². The molecule has 114 valence electrons. The van der Waals surface area contributed by atoms with Crippen molar-refractivity contribution >= 4 is 21.4 Å². The van der Waals surface area contributed by atoms with Crippen LogP contribution in [0.1, 0.15) is 46.0 Å². The first-order valence-electron chi connectivity index (χ1n) is 7.08. The summed E-state index contributed by atoms with van der Waals surface area (Å²) >= 11 is 0. The number of nitrogens with two attached hydrogens (primary N) is 2. The molecule has 0 radical (unpaired) electrons. The Labute approximate surface area is 121 Å². The summed E-state index contributed by atoms with van der Waals surface area (Å²) in [5.41, 5.74) is 6.77. The van der Waals surface area contributed by atoms with Crippen LogP contribution in [-0.4, -0.2) is 14.5 Å². The maximum Gasteiger partial charge on any atom is 0.240 e. The Morgan fingerprint density at radius 2 is 1.90 bits per heavy atom. The lowest BCUT2D eigenvalue weighted by Gasteiger charge is -2.21. The second-order valence-electron chi connectivity index (χ2n) is 5.03. The van der Waals surface area contributed by atoms with E-state index in [4.69, 9.17) is 10.9 Å². The number of hydrogen-bond donors (Lipinski definition) is 3. The van der Waals surface area contributed by atoms with E-state index in [0.717, 1.165) is 32.1 Å². The Balaban J connectivity index is 2.95. The van der Waals surface area contributed by atoms with Gasteiger partial charge in [0.25, 0.3) is 0 Å². The van der Waals surface area contributed by atoms with Crippen LogP contribution in [0.5, 0.6) is 0 Å². The summed E-state index contributed by atoms with van der Waals surface area (Å²) in [5, 5.41) is 8.51. The molecule has 6 heteroatoms. The van der Waals surface area contributed by atoms with Gasteiger partial charge < -0.3 is 11.1 Å². The number of primary sulfonamides is 1. The predicted octanol–water partition coefficient (Wildman–Crippen LogP) is 2.69. The van der Waals surface area contributed by atoms with Crippen LogP contribution in [0.25, 0.3) is 0 Å². The molecule has 0 spiro atoms. The van der Waals surface area contributed by atoms with Gasteiger partial charge in [0.1, 0.15) is 4.90 Å². The summed E-state index contributed by atoms with van der Waals surface area (Å²) in [6.45, 7) is 4.28. The molecule has 1 rings (SSSR count). The van der Waals surface area contributed by atoms with Gasteiger partial charge in [0.15, 0.2) is 0 Å². The summed E-state index contributed by atoms with van der Waals surface area (Å²) in [7, 11) is -3.79. The number of hydrogen-bond acceptors (Lipinski definition) is 4. The highest BCUT2D eigenvalue weighted by molar-refractivity contribution is 7.89. The van der Waals surface area contributed by atoms with Gasteiger partial charge in [-0.3, -0.25) is 0 Å². The highest BCUT2D eigenvalue weighted by Gasteiger charge is 2.16. The number of unbranched alkanes of at least 4 members (excludes halogenated alkanes) is 1. The van der Waals surface area contributed by atoms with Crippen molar-refractivity contribution in [2.24, 2.45) is 5.14 Å². The molecule has 0 heterocycles. The summed E-state index contributed by atoms with van der Waals surface area (Å²) in [6.07, 6.45) is 5.40. The van der Waals surface area contributed by atoms with E-state index in [1.807, 2.05) is 0 Å². The Morgan fingerprint density at radius 1 is 1.20 bits per heavy atom. The standard InChI is InChI=1S/C14H25N3O2S/c1-3-5-8-11(7-4-2)17-12-9-6-10-13(14(12)15)20(16,18)19/h6,9-11,17H,3-5,7-8,15H2,1-2H3,(H2,16,18,19). The molecule has 1 aromatic carbocycles. The van der Waals surface area contributed by atoms with Crippen LogP contribution >= 0.6 is 0 Å². The number of para-hydroxylation sites is 1. The number of rotatable bonds is 8. The first kappa shape index (κ1) is 16.8. The van der Waals surface area contributed by atoms with Crippen molar-refractivity contribution in [3.63, 3.8) is 0 Å². The van der Waals surface area contributed by atoms with Gasteiger partial charge in [0.2, 0.25) is 10.0 Å². The smallest absolute Gasteiger partial charge is 0.240 e. The van der Waals surface area contributed by atoms with Gasteiger partial charge in [-0.1, -0.05) is 39.2 Å². The minimum absolute atomic E-state index is 0.0201. The molecule has 1 unspecified atom stereocenters. The normalized spacial score (nSPS) is 13.2. The molecule has 0 bridgehead atoms. The number of benzene rings is 1. The maximum absolute atomic E-state index is 11.5. The van der Waals surface area contributed by atoms with Crippen molar-refractivity contribution in [2.45, 2.75) is 56.9 Å². The van der Waals surface area contributed by atoms with Gasteiger partial charge in [-0.05, 0) is 25.0 Å². The second-order valence-corrected chi connectivity index (χ2v) is 6.56. The summed E-state index contributed by atoms with van der Waals surface area (Å²) in [5.74, 6) is 0. The second kappa shape index (κ2) is 7.50. The maximum atomic E-state index is 11.5. The third kappa shape index (κ3) is 4.68. The van der Waals surface area contributed by atoms with Crippen LogP contribution in [0.15, 0.2) is 23.1 Å². The molecule has 1 atom stereocenters. The first-order valence-corrected chi connectivity index (χ1v) is 8.62. The van der Waals surface area contributed by atoms with Crippen LogP contribution in [0.3, 0.4) is 0 Å². The molecule has 20 heavy (non-hydrogen) atoms. The van der Waals surface area contributed by atoms with E-state index in [1.54, 1.807) is 12.1 Å². The zero-order valence-electron chi connectivity index (χ0n) is 12.2. The van der Waals surface area contributed by atoms with Crippen molar-refractivity contribution in [1.82, 2.24) is 0 Å². The molecule has 0 aromatic heterocycles. The lowest BCUT2D eigenvalue weighted by atomic mass is 10.0. The largest absolute Gasteiger partial charge is 0.396 e. The van der Waals surface area contributed by atoms with Crippen LogP contribution in [0.4, 0.5) is 11.4 Å². The van der Waals surface area contributed by atoms with Gasteiger partial charge in [0.05, 0.1) is 11.4 Å². The molecule has 0 saturated carbocycles. The quantitative estimate of drug-likeness (QED) is 0.643. The van der Waals surface area contributed by atoms with Crippen LogP contribution in [-0.2, 0) is 10.0 Å². The number of nitrogens with one attached hydrogen (secondary N) is 1. The monoisotopic (exact) mass is 299 g/mol. The summed E-state index contributed by atoms with van der Waals surface area (Å²) in [4.78, 5) is -0.0201. The van der Waals surface area contributed by atoms with E-state index in [-0.39, 0.29) is 10.6 Å². The highest BCUT2D eigenvalue weighted by atomic mass is 32.2. The SMILES string of the molecule is CCCCC(CCC)Nc1cccc(S(N)(=O)=O)c1N. The Hall–Kier alpha value is -1.27. The highest BCUT2D eigenvalue weighted by Crippen LogP contribution is 2.27. The molecule has 5 N–H and O–H groups in total. The van der Waals surface area contributed by atoms with Gasteiger partial charge in [-0.2, -0.15) is 0 Å². The average molecular weight is 299 g/mol. The fourth-order valence-corrected chi connectivity index (χ4v) is 2.91. The van der Waals surface area contributed by atoms with Crippen LogP contribution < -0.4 is 16.2 Å². The van der Waals surface area contributed by atoms with Crippen molar-refractivity contribution in [2.75, 3.05) is 11.1 Å². The third-order valence-electron chi connectivity index (χ3n) is 3.28. The summed E-state index contributed by atoms with van der Waals surface area (Å²) < 4.78 is 22.9. The molecule has 0 aliphatic rings. The minimum atomic E-state index is -3.79. The number of nitrogen functional groups attached to an aromatic ring is 1. The fourth-order valence-electron chi connectivity index (χ4n) is 2.23. The lowest BCUT2D eigenvalue weighted by Crippen LogP contribution is -2.21. The minimum Gasteiger partial charge on any atom is -0.396 e. The molecule has 0 amide bonds. The summed E-state index contributed by atoms with van der Waals surface area (Å²) in [6, 6.07) is 5.18. The van der Waals surface area contributed by atoms with Crippen molar-refractivity contribution in [1.29, 1.82) is 0 Å². The third-order valence-corrected chi connectivity index (χ3v) is 4.24. The average Bonchev–Trinajstić information content (AvgIpc) is 2.37. The first-order chi connectivity index (χ1) is 9.40. The van der Waals surface area contributed by atoms with Gasteiger partial charge in [0, 0.05) is 6.04 Å². The van der Waals surface area contributed by atoms with E-state index < -0.39 is 10.0 Å². The lowest BCUT2D eigenvalue weighted by molar-refractivity contribution is 0.564. The zero-order valence-corrected chi connectivity index (χ0v) is 13.0. The van der Waals surface area contributed by atoms with Crippen molar-refractivity contribution in [3.05, 3.63) is 18.2 Å². The van der Waals surface area contributed by atoms with Crippen LogP contribution in [0.2, 0.25) is 0 Å². The molecule has 0 aliphatic heterocycles. The zero-order chi connectivity index (χ0) is 15.2. The van der Waals surface area contributed by atoms with E-state index in [9.17, 15) is 8.42 Å². The van der Waals surface area contributed by atoms with Gasteiger partial charge >= 0.3 is 0 Å². The molecule has 0 fully saturated rings. The molecular weight excluding hydrogens is 274 g/mol. The molecule has 5 nitrogen and oxygen atoms in total. The van der Waals surface area contributed by atoms with Crippen molar-refractivity contribution in [3.8, 4) is 0 Å². The number of sulfonamides is 1. The van der Waals surface area contributed by atoms with Crippen LogP contribution in [0, 0.1) is 0 Å². The fraction of sp³-hybridized carbons (Fsp3) is 0.571. The molecule has 0 aliphatic carbocycles. The van der Waals surface area contributed by atoms with Gasteiger partial charge in [-0.15, -0.1) is 0 Å². The molecule has 0 saturated heterocycles. The Morgan fingerprint density at radius 3 is 2.45 bits per heavy atom. The molecular formula is C14H25N3O2S.